The van der Waals surface area contributed by atoms with Crippen LogP contribution in [0.2, 0.25) is 0 Å². The average Bonchev–Trinajstić information content (AvgIpc) is 2.35. The van der Waals surface area contributed by atoms with Crippen LogP contribution in [-0.4, -0.2) is 37.5 Å². The molecule has 104 valence electrons. The summed E-state index contributed by atoms with van der Waals surface area (Å²) in [6.07, 6.45) is 2.41. The van der Waals surface area contributed by atoms with Crippen molar-refractivity contribution in [1.29, 1.82) is 0 Å². The molecule has 0 aliphatic carbocycles. The Labute approximate surface area is 115 Å². The molecule has 1 unspecified atom stereocenters. The molecule has 4 nitrogen and oxygen atoms in total. The Bertz CT molecular complexity index is 438. The molecule has 4 heteroatoms. The number of nitrogens with one attached hydrogen (secondary N) is 1. The molecule has 1 amide bonds. The lowest BCUT2D eigenvalue weighted by molar-refractivity contribution is 0.0937. The molecule has 0 spiro atoms. The number of rotatable bonds is 3. The first-order valence-electron chi connectivity index (χ1n) is 6.88. The molecule has 1 fully saturated rings. The molecule has 2 rings (SSSR count). The minimum atomic E-state index is -0.0244. The predicted molar refractivity (Wildman–Crippen MR) is 78.1 cm³/mol. The largest absolute Gasteiger partial charge is 0.399 e. The van der Waals surface area contributed by atoms with E-state index in [1.165, 1.54) is 19.4 Å². The Morgan fingerprint density at radius 3 is 2.95 bits per heavy atom. The van der Waals surface area contributed by atoms with Crippen LogP contribution in [0.5, 0.6) is 0 Å². The molecule has 1 aliphatic rings. The van der Waals surface area contributed by atoms with Gasteiger partial charge in [-0.1, -0.05) is 0 Å². The molecule has 19 heavy (non-hydrogen) atoms. The van der Waals surface area contributed by atoms with Gasteiger partial charge in [0.2, 0.25) is 0 Å². The summed E-state index contributed by atoms with van der Waals surface area (Å²) < 4.78 is 0. The number of piperidine rings is 1. The fraction of sp³-hybridized carbons (Fsp3) is 0.533. The van der Waals surface area contributed by atoms with E-state index in [1.807, 2.05) is 19.1 Å². The first-order chi connectivity index (χ1) is 9.04. The molecule has 0 saturated carbocycles. The van der Waals surface area contributed by atoms with Crippen molar-refractivity contribution >= 4 is 11.6 Å². The summed E-state index contributed by atoms with van der Waals surface area (Å²) in [6.45, 7) is 4.93. The van der Waals surface area contributed by atoms with Crippen molar-refractivity contribution in [3.63, 3.8) is 0 Å². The summed E-state index contributed by atoms with van der Waals surface area (Å²) >= 11 is 0. The average molecular weight is 261 g/mol. The molecule has 1 aromatic rings. The van der Waals surface area contributed by atoms with Crippen LogP contribution in [0, 0.1) is 12.8 Å². The fourth-order valence-corrected chi connectivity index (χ4v) is 2.72. The van der Waals surface area contributed by atoms with Crippen LogP contribution in [0.15, 0.2) is 18.2 Å². The zero-order valence-electron chi connectivity index (χ0n) is 11.8. The zero-order valence-corrected chi connectivity index (χ0v) is 11.8. The highest BCUT2D eigenvalue weighted by Gasteiger charge is 2.18. The van der Waals surface area contributed by atoms with E-state index in [2.05, 4.69) is 17.3 Å². The van der Waals surface area contributed by atoms with E-state index in [0.29, 0.717) is 17.2 Å². The number of benzene rings is 1. The van der Waals surface area contributed by atoms with Gasteiger partial charge in [-0.15, -0.1) is 0 Å². The summed E-state index contributed by atoms with van der Waals surface area (Å²) in [4.78, 5) is 14.4. The molecule has 0 bridgehead atoms. The Kier molecular flexibility index (Phi) is 4.43. The van der Waals surface area contributed by atoms with Crippen molar-refractivity contribution in [3.8, 4) is 0 Å². The van der Waals surface area contributed by atoms with Crippen LogP contribution in [0.3, 0.4) is 0 Å². The minimum absolute atomic E-state index is 0.0244. The Morgan fingerprint density at radius 2 is 2.26 bits per heavy atom. The van der Waals surface area contributed by atoms with Crippen molar-refractivity contribution in [2.75, 3.05) is 32.4 Å². The van der Waals surface area contributed by atoms with E-state index in [4.69, 9.17) is 5.73 Å². The van der Waals surface area contributed by atoms with Crippen molar-refractivity contribution in [1.82, 2.24) is 10.2 Å². The van der Waals surface area contributed by atoms with Crippen LogP contribution in [0.25, 0.3) is 0 Å². The normalized spacial score (nSPS) is 20.2. The van der Waals surface area contributed by atoms with Gasteiger partial charge in [0.15, 0.2) is 0 Å². The number of nitrogens with two attached hydrogens (primary N) is 1. The highest BCUT2D eigenvalue weighted by Crippen LogP contribution is 2.15. The maximum absolute atomic E-state index is 12.1. The highest BCUT2D eigenvalue weighted by atomic mass is 16.1. The minimum Gasteiger partial charge on any atom is -0.399 e. The summed E-state index contributed by atoms with van der Waals surface area (Å²) in [5.41, 5.74) is 8.08. The Morgan fingerprint density at radius 1 is 1.47 bits per heavy atom. The zero-order chi connectivity index (χ0) is 13.8. The van der Waals surface area contributed by atoms with Gasteiger partial charge < -0.3 is 16.0 Å². The molecule has 0 radical (unpaired) electrons. The third kappa shape index (κ3) is 3.96. The van der Waals surface area contributed by atoms with E-state index in [9.17, 15) is 4.79 Å². The van der Waals surface area contributed by atoms with Gasteiger partial charge in [-0.3, -0.25) is 4.79 Å². The number of amides is 1. The lowest BCUT2D eigenvalue weighted by atomic mass is 9.98. The third-order valence-corrected chi connectivity index (χ3v) is 3.64. The predicted octanol–water partition coefficient (Wildman–Crippen LogP) is 1.65. The molecule has 1 aromatic carbocycles. The molecule has 1 heterocycles. The van der Waals surface area contributed by atoms with Gasteiger partial charge in [0.1, 0.15) is 0 Å². The van der Waals surface area contributed by atoms with Gasteiger partial charge in [-0.25, -0.2) is 0 Å². The number of nitrogens with zero attached hydrogens (tertiary/aromatic N) is 1. The number of hydrogen-bond donors (Lipinski definition) is 2. The maximum Gasteiger partial charge on any atom is 0.251 e. The number of carbonyl (C=O) groups is 1. The van der Waals surface area contributed by atoms with E-state index < -0.39 is 0 Å². The monoisotopic (exact) mass is 261 g/mol. The molecule has 1 saturated heterocycles. The number of carbonyl (C=O) groups excluding carboxylic acids is 1. The van der Waals surface area contributed by atoms with E-state index >= 15 is 0 Å². The standard InChI is InChI=1S/C15H23N3O/c1-11-6-13(8-14(16)7-11)15(19)17-9-12-4-3-5-18(2)10-12/h6-8,12H,3-5,9-10,16H2,1-2H3,(H,17,19). The van der Waals surface area contributed by atoms with Crippen LogP contribution in [0.1, 0.15) is 28.8 Å². The summed E-state index contributed by atoms with van der Waals surface area (Å²) in [6, 6.07) is 5.47. The van der Waals surface area contributed by atoms with Gasteiger partial charge in [-0.05, 0) is 63.0 Å². The number of likely N-dealkylation sites (tertiary alicyclic amines) is 1. The topological polar surface area (TPSA) is 58.4 Å². The van der Waals surface area contributed by atoms with Crippen molar-refractivity contribution in [3.05, 3.63) is 29.3 Å². The van der Waals surface area contributed by atoms with Crippen molar-refractivity contribution in [2.45, 2.75) is 19.8 Å². The number of anilines is 1. The van der Waals surface area contributed by atoms with Crippen molar-refractivity contribution < 1.29 is 4.79 Å². The van der Waals surface area contributed by atoms with Gasteiger partial charge >= 0.3 is 0 Å². The van der Waals surface area contributed by atoms with Crippen LogP contribution < -0.4 is 11.1 Å². The number of hydrogen-bond acceptors (Lipinski definition) is 3. The lowest BCUT2D eigenvalue weighted by Crippen LogP contribution is -2.39. The number of nitrogen functional groups attached to an aromatic ring is 1. The number of aryl methyl sites for hydroxylation is 1. The highest BCUT2D eigenvalue weighted by molar-refractivity contribution is 5.95. The lowest BCUT2D eigenvalue weighted by Gasteiger charge is -2.29. The van der Waals surface area contributed by atoms with E-state index in [0.717, 1.165) is 18.7 Å². The Hall–Kier alpha value is -1.55. The van der Waals surface area contributed by atoms with Crippen LogP contribution >= 0.6 is 0 Å². The van der Waals surface area contributed by atoms with Crippen LogP contribution in [-0.2, 0) is 0 Å². The summed E-state index contributed by atoms with van der Waals surface area (Å²) in [5, 5.41) is 3.02. The van der Waals surface area contributed by atoms with E-state index in [-0.39, 0.29) is 5.91 Å². The smallest absolute Gasteiger partial charge is 0.251 e. The van der Waals surface area contributed by atoms with Crippen LogP contribution in [0.4, 0.5) is 5.69 Å². The fourth-order valence-electron chi connectivity index (χ4n) is 2.72. The summed E-state index contributed by atoms with van der Waals surface area (Å²) in [5.74, 6) is 0.536. The first-order valence-corrected chi connectivity index (χ1v) is 6.88. The first kappa shape index (κ1) is 13.9. The van der Waals surface area contributed by atoms with Gasteiger partial charge in [0.25, 0.3) is 5.91 Å². The second kappa shape index (κ2) is 6.06. The maximum atomic E-state index is 12.1. The van der Waals surface area contributed by atoms with Gasteiger partial charge in [0, 0.05) is 24.3 Å². The second-order valence-corrected chi connectivity index (χ2v) is 5.61. The third-order valence-electron chi connectivity index (χ3n) is 3.64. The van der Waals surface area contributed by atoms with E-state index in [1.54, 1.807) is 6.07 Å². The SMILES string of the molecule is Cc1cc(N)cc(C(=O)NCC2CCCN(C)C2)c1. The molecule has 3 N–H and O–H groups in total. The quantitative estimate of drug-likeness (QED) is 0.813. The summed E-state index contributed by atoms with van der Waals surface area (Å²) in [7, 11) is 2.13. The molecule has 0 aromatic heterocycles. The molecular formula is C15H23N3O. The molecule has 1 atom stereocenters. The van der Waals surface area contributed by atoms with Crippen molar-refractivity contribution in [2.24, 2.45) is 5.92 Å². The Balaban J connectivity index is 1.90. The van der Waals surface area contributed by atoms with Gasteiger partial charge in [-0.2, -0.15) is 0 Å². The second-order valence-electron chi connectivity index (χ2n) is 5.61. The molecule has 1 aliphatic heterocycles. The molecular weight excluding hydrogens is 238 g/mol. The van der Waals surface area contributed by atoms with Gasteiger partial charge in [0.05, 0.1) is 0 Å².